The number of nitrogens with zero attached hydrogens (tertiary/aromatic N) is 1. The van der Waals surface area contributed by atoms with Gasteiger partial charge in [-0.3, -0.25) is 23.7 Å². The molecule has 0 N–H and O–H groups in total. The normalized spacial score (nSPS) is 18.0. The summed E-state index contributed by atoms with van der Waals surface area (Å²) in [5, 5.41) is 0. The third-order valence-corrected chi connectivity index (χ3v) is 3.79. The summed E-state index contributed by atoms with van der Waals surface area (Å²) < 4.78 is 16.0. The molecule has 0 saturated carbocycles. The van der Waals surface area contributed by atoms with E-state index in [4.69, 9.17) is 14.2 Å². The molecule has 1 atom stereocenters. The first-order chi connectivity index (χ1) is 11.5. The zero-order chi connectivity index (χ0) is 17.9. The summed E-state index contributed by atoms with van der Waals surface area (Å²) in [5.74, 6) is -5.38. The van der Waals surface area contributed by atoms with Crippen molar-refractivity contribution in [3.8, 4) is 0 Å². The lowest BCUT2D eigenvalue weighted by Gasteiger charge is -2.27. The monoisotopic (exact) mass is 337 g/mol. The van der Waals surface area contributed by atoms with Crippen LogP contribution >= 0.6 is 0 Å². The van der Waals surface area contributed by atoms with Crippen molar-refractivity contribution in [2.45, 2.75) is 26.2 Å². The van der Waals surface area contributed by atoms with E-state index >= 15 is 0 Å². The highest BCUT2D eigenvalue weighted by Gasteiger charge is 2.68. The summed E-state index contributed by atoms with van der Waals surface area (Å²) in [5.41, 5.74) is -2.15. The van der Waals surface area contributed by atoms with E-state index in [2.05, 4.69) is 0 Å². The highest BCUT2D eigenvalue weighted by Crippen LogP contribution is 2.43. The largest absolute Gasteiger partial charge is 0.465 e. The molecule has 0 fully saturated rings. The van der Waals surface area contributed by atoms with Crippen LogP contribution in [-0.4, -0.2) is 48.2 Å². The standard InChI is InChI=1S/C16H19NO7/c1-4-22-13(19)11-12(18)17-9-7-8-10(17)16(11,14(20)23-5-2)15(21)24-6-3/h7-9,11H,4-6H2,1-3H3. The van der Waals surface area contributed by atoms with Gasteiger partial charge in [-0.05, 0) is 32.9 Å². The number of fused-ring (bicyclic) bond motifs is 1. The van der Waals surface area contributed by atoms with Crippen molar-refractivity contribution in [1.82, 2.24) is 4.57 Å². The maximum absolute atomic E-state index is 12.7. The van der Waals surface area contributed by atoms with E-state index in [1.165, 1.54) is 18.3 Å². The summed E-state index contributed by atoms with van der Waals surface area (Å²) in [6.45, 7) is 4.64. The minimum absolute atomic E-state index is 0.000763. The molecule has 8 heteroatoms. The Morgan fingerprint density at radius 3 is 2.08 bits per heavy atom. The molecule has 8 nitrogen and oxygen atoms in total. The van der Waals surface area contributed by atoms with E-state index in [-0.39, 0.29) is 25.5 Å². The third-order valence-electron chi connectivity index (χ3n) is 3.79. The topological polar surface area (TPSA) is 101 Å². The second-order valence-electron chi connectivity index (χ2n) is 5.04. The average Bonchev–Trinajstić information content (AvgIpc) is 3.09. The first-order valence-corrected chi connectivity index (χ1v) is 7.69. The van der Waals surface area contributed by atoms with Gasteiger partial charge in [-0.25, -0.2) is 0 Å². The van der Waals surface area contributed by atoms with Gasteiger partial charge in [0.15, 0.2) is 5.92 Å². The molecule has 1 aromatic heterocycles. The highest BCUT2D eigenvalue weighted by molar-refractivity contribution is 6.20. The van der Waals surface area contributed by atoms with Crippen LogP contribution in [0.5, 0.6) is 0 Å². The number of hydrogen-bond donors (Lipinski definition) is 0. The fourth-order valence-corrected chi connectivity index (χ4v) is 2.89. The van der Waals surface area contributed by atoms with Crippen LogP contribution in [0.1, 0.15) is 31.3 Å². The van der Waals surface area contributed by atoms with Crippen LogP contribution in [0.3, 0.4) is 0 Å². The summed E-state index contributed by atoms with van der Waals surface area (Å²) in [4.78, 5) is 50.5. The first-order valence-electron chi connectivity index (χ1n) is 7.69. The van der Waals surface area contributed by atoms with Gasteiger partial charge in [0.1, 0.15) is 0 Å². The van der Waals surface area contributed by atoms with Gasteiger partial charge in [-0.15, -0.1) is 0 Å². The molecular weight excluding hydrogens is 318 g/mol. The fourth-order valence-electron chi connectivity index (χ4n) is 2.89. The summed E-state index contributed by atoms with van der Waals surface area (Å²) in [6, 6.07) is 2.92. The van der Waals surface area contributed by atoms with Gasteiger partial charge in [0.25, 0.3) is 0 Å². The number of esters is 3. The van der Waals surface area contributed by atoms with E-state index in [1.54, 1.807) is 20.8 Å². The van der Waals surface area contributed by atoms with Crippen molar-refractivity contribution in [2.24, 2.45) is 5.92 Å². The predicted molar refractivity (Wildman–Crippen MR) is 80.1 cm³/mol. The molecule has 0 aliphatic carbocycles. The maximum Gasteiger partial charge on any atom is 0.331 e. The smallest absolute Gasteiger partial charge is 0.331 e. The lowest BCUT2D eigenvalue weighted by Crippen LogP contribution is -2.53. The van der Waals surface area contributed by atoms with Crippen molar-refractivity contribution in [1.29, 1.82) is 0 Å². The van der Waals surface area contributed by atoms with Gasteiger partial charge in [-0.1, -0.05) is 0 Å². The van der Waals surface area contributed by atoms with Gasteiger partial charge in [0.2, 0.25) is 11.3 Å². The van der Waals surface area contributed by atoms with Crippen LogP contribution in [0.4, 0.5) is 0 Å². The molecule has 1 aliphatic rings. The van der Waals surface area contributed by atoms with Crippen LogP contribution in [0.25, 0.3) is 0 Å². The van der Waals surface area contributed by atoms with E-state index in [9.17, 15) is 19.2 Å². The zero-order valence-electron chi connectivity index (χ0n) is 13.7. The predicted octanol–water partition coefficient (Wildman–Crippen LogP) is 0.685. The van der Waals surface area contributed by atoms with Crippen molar-refractivity contribution in [2.75, 3.05) is 19.8 Å². The van der Waals surface area contributed by atoms with Crippen LogP contribution in [0.2, 0.25) is 0 Å². The molecule has 130 valence electrons. The number of carbonyl (C=O) groups excluding carboxylic acids is 4. The van der Waals surface area contributed by atoms with Crippen LogP contribution in [-0.2, 0) is 34.0 Å². The Balaban J connectivity index is 2.69. The number of hydrogen-bond acceptors (Lipinski definition) is 7. The lowest BCUT2D eigenvalue weighted by molar-refractivity contribution is -0.172. The van der Waals surface area contributed by atoms with E-state index in [0.29, 0.717) is 0 Å². The third kappa shape index (κ3) is 2.38. The van der Waals surface area contributed by atoms with Crippen LogP contribution < -0.4 is 0 Å². The Morgan fingerprint density at radius 2 is 1.58 bits per heavy atom. The molecule has 1 aromatic rings. The Kier molecular flexibility index (Phi) is 5.06. The van der Waals surface area contributed by atoms with Crippen LogP contribution in [0, 0.1) is 5.92 Å². The fraction of sp³-hybridized carbons (Fsp3) is 0.500. The minimum Gasteiger partial charge on any atom is -0.465 e. The van der Waals surface area contributed by atoms with Gasteiger partial charge in [-0.2, -0.15) is 0 Å². The summed E-state index contributed by atoms with van der Waals surface area (Å²) >= 11 is 0. The molecule has 24 heavy (non-hydrogen) atoms. The molecule has 0 radical (unpaired) electrons. The molecule has 1 unspecified atom stereocenters. The summed E-state index contributed by atoms with van der Waals surface area (Å²) in [6.07, 6.45) is 1.38. The molecule has 2 heterocycles. The molecule has 0 bridgehead atoms. The van der Waals surface area contributed by atoms with Crippen molar-refractivity contribution in [3.63, 3.8) is 0 Å². The van der Waals surface area contributed by atoms with Gasteiger partial charge in [0.05, 0.1) is 25.5 Å². The average molecular weight is 337 g/mol. The maximum atomic E-state index is 12.7. The number of carbonyl (C=O) groups is 4. The number of aromatic nitrogens is 1. The van der Waals surface area contributed by atoms with E-state index < -0.39 is 35.1 Å². The van der Waals surface area contributed by atoms with Crippen molar-refractivity contribution in [3.05, 3.63) is 24.0 Å². The second-order valence-corrected chi connectivity index (χ2v) is 5.04. The first kappa shape index (κ1) is 17.7. The van der Waals surface area contributed by atoms with Crippen molar-refractivity contribution < 1.29 is 33.4 Å². The van der Waals surface area contributed by atoms with Crippen molar-refractivity contribution >= 4 is 23.8 Å². The molecule has 2 rings (SSSR count). The van der Waals surface area contributed by atoms with E-state index in [1.807, 2.05) is 0 Å². The molecule has 0 saturated heterocycles. The second kappa shape index (κ2) is 6.86. The lowest BCUT2D eigenvalue weighted by atomic mass is 9.74. The Bertz CT molecular complexity index is 658. The van der Waals surface area contributed by atoms with Gasteiger partial charge < -0.3 is 14.2 Å². The number of ether oxygens (including phenoxy) is 3. The molecule has 0 amide bonds. The Hall–Kier alpha value is -2.64. The SMILES string of the molecule is CCOC(=O)C1C(=O)n2cccc2C1(C(=O)OCC)C(=O)OCC. The highest BCUT2D eigenvalue weighted by atomic mass is 16.6. The van der Waals surface area contributed by atoms with E-state index in [0.717, 1.165) is 4.57 Å². The van der Waals surface area contributed by atoms with Gasteiger partial charge >= 0.3 is 17.9 Å². The minimum atomic E-state index is -2.20. The Morgan fingerprint density at radius 1 is 1.04 bits per heavy atom. The van der Waals surface area contributed by atoms with Crippen LogP contribution in [0.15, 0.2) is 18.3 Å². The zero-order valence-corrected chi connectivity index (χ0v) is 13.7. The quantitative estimate of drug-likeness (QED) is 0.427. The van der Waals surface area contributed by atoms with Gasteiger partial charge in [0, 0.05) is 6.20 Å². The number of rotatable bonds is 6. The molecule has 1 aliphatic heterocycles. The molecule has 0 spiro atoms. The Labute approximate surface area is 138 Å². The summed E-state index contributed by atoms with van der Waals surface area (Å²) in [7, 11) is 0. The molecular formula is C16H19NO7. The molecule has 0 aromatic carbocycles.